The molecule has 0 aromatic rings. The van der Waals surface area contributed by atoms with Gasteiger partial charge in [0.25, 0.3) is 0 Å². The Hall–Kier alpha value is 0.270. The molecule has 3 heteroatoms. The van der Waals surface area contributed by atoms with Gasteiger partial charge in [0.2, 0.25) is 0 Å². The van der Waals surface area contributed by atoms with Crippen LogP contribution in [0.25, 0.3) is 0 Å². The minimum absolute atomic E-state index is 0.491. The number of piperidine rings is 1. The first kappa shape index (κ1) is 15.7. The van der Waals surface area contributed by atoms with Crippen LogP contribution in [0.2, 0.25) is 0 Å². The Morgan fingerprint density at radius 1 is 1.26 bits per heavy atom. The Kier molecular flexibility index (Phi) is 6.04. The molecule has 0 bridgehead atoms. The molecule has 0 saturated carbocycles. The molecular formula is C16H32N2S. The zero-order valence-electron chi connectivity index (χ0n) is 13.1. The number of hydrogen-bond acceptors (Lipinski definition) is 3. The normalized spacial score (nSPS) is 29.5. The fourth-order valence-corrected chi connectivity index (χ4v) is 4.82. The summed E-state index contributed by atoms with van der Waals surface area (Å²) in [5.41, 5.74) is 0.491. The molecule has 2 nitrogen and oxygen atoms in total. The van der Waals surface area contributed by atoms with Gasteiger partial charge < -0.3 is 10.2 Å². The van der Waals surface area contributed by atoms with Gasteiger partial charge in [0.1, 0.15) is 0 Å². The first-order valence-electron chi connectivity index (χ1n) is 8.18. The molecule has 2 heterocycles. The van der Waals surface area contributed by atoms with Crippen LogP contribution in [0.3, 0.4) is 0 Å². The van der Waals surface area contributed by atoms with Gasteiger partial charge in [-0.3, -0.25) is 0 Å². The molecule has 1 unspecified atom stereocenters. The van der Waals surface area contributed by atoms with Crippen LogP contribution in [0, 0.1) is 5.41 Å². The van der Waals surface area contributed by atoms with E-state index >= 15 is 0 Å². The molecule has 0 spiro atoms. The van der Waals surface area contributed by atoms with Gasteiger partial charge in [-0.15, -0.1) is 0 Å². The average Bonchev–Trinajstić information content (AvgIpc) is 2.40. The zero-order valence-corrected chi connectivity index (χ0v) is 13.9. The second kappa shape index (κ2) is 7.33. The quantitative estimate of drug-likeness (QED) is 0.833. The maximum absolute atomic E-state index is 3.98. The fourth-order valence-electron chi connectivity index (χ4n) is 3.20. The van der Waals surface area contributed by atoms with Crippen LogP contribution in [-0.4, -0.2) is 48.1 Å². The molecule has 2 saturated heterocycles. The predicted molar refractivity (Wildman–Crippen MR) is 87.0 cm³/mol. The van der Waals surface area contributed by atoms with Gasteiger partial charge in [0.05, 0.1) is 0 Å². The van der Waals surface area contributed by atoms with Crippen LogP contribution < -0.4 is 5.32 Å². The van der Waals surface area contributed by atoms with Crippen molar-refractivity contribution in [3.8, 4) is 0 Å². The molecule has 112 valence electrons. The lowest BCUT2D eigenvalue weighted by atomic mass is 9.81. The van der Waals surface area contributed by atoms with Gasteiger partial charge in [-0.1, -0.05) is 27.2 Å². The van der Waals surface area contributed by atoms with Gasteiger partial charge in [0.15, 0.2) is 0 Å². The number of rotatable bonds is 5. The summed E-state index contributed by atoms with van der Waals surface area (Å²) in [7, 11) is 0. The van der Waals surface area contributed by atoms with Crippen molar-refractivity contribution < 1.29 is 0 Å². The van der Waals surface area contributed by atoms with Crippen molar-refractivity contribution in [2.75, 3.05) is 31.1 Å². The van der Waals surface area contributed by atoms with E-state index in [1.165, 1.54) is 63.2 Å². The first-order valence-corrected chi connectivity index (χ1v) is 9.33. The Labute approximate surface area is 124 Å². The van der Waals surface area contributed by atoms with Crippen molar-refractivity contribution in [3.63, 3.8) is 0 Å². The second-order valence-electron chi connectivity index (χ2n) is 7.00. The predicted octanol–water partition coefficient (Wildman–Crippen LogP) is 3.37. The highest BCUT2D eigenvalue weighted by Crippen LogP contribution is 2.34. The molecule has 19 heavy (non-hydrogen) atoms. The summed E-state index contributed by atoms with van der Waals surface area (Å²) in [6.07, 6.45) is 6.75. The molecule has 2 aliphatic rings. The second-order valence-corrected chi connectivity index (χ2v) is 8.15. The summed E-state index contributed by atoms with van der Waals surface area (Å²) in [4.78, 5) is 2.66. The smallest absolute Gasteiger partial charge is 0.0212 e. The highest BCUT2D eigenvalue weighted by atomic mass is 32.2. The van der Waals surface area contributed by atoms with Gasteiger partial charge in [0, 0.05) is 17.8 Å². The minimum atomic E-state index is 0.491. The van der Waals surface area contributed by atoms with Crippen LogP contribution in [0.1, 0.15) is 52.9 Å². The van der Waals surface area contributed by atoms with Crippen molar-refractivity contribution in [3.05, 3.63) is 0 Å². The summed E-state index contributed by atoms with van der Waals surface area (Å²) in [6, 6.07) is 1.49. The SMILES string of the molecule is CCCCN1CCC(NC2CSCCC2(C)C)CC1. The first-order chi connectivity index (χ1) is 9.12. The lowest BCUT2D eigenvalue weighted by molar-refractivity contribution is 0.162. The van der Waals surface area contributed by atoms with E-state index in [0.29, 0.717) is 5.41 Å². The molecule has 0 aromatic carbocycles. The summed E-state index contributed by atoms with van der Waals surface area (Å²) < 4.78 is 0. The minimum Gasteiger partial charge on any atom is -0.310 e. The molecule has 0 amide bonds. The zero-order chi connectivity index (χ0) is 13.7. The Balaban J connectivity index is 1.73. The van der Waals surface area contributed by atoms with E-state index in [2.05, 4.69) is 42.7 Å². The molecular weight excluding hydrogens is 252 g/mol. The third-order valence-corrected chi connectivity index (χ3v) is 6.03. The summed E-state index contributed by atoms with van der Waals surface area (Å²) >= 11 is 2.13. The van der Waals surface area contributed by atoms with Crippen LogP contribution >= 0.6 is 11.8 Å². The van der Waals surface area contributed by atoms with Crippen molar-refractivity contribution in [2.45, 2.75) is 65.0 Å². The van der Waals surface area contributed by atoms with Crippen molar-refractivity contribution >= 4 is 11.8 Å². The maximum Gasteiger partial charge on any atom is 0.0212 e. The van der Waals surface area contributed by atoms with Gasteiger partial charge >= 0.3 is 0 Å². The van der Waals surface area contributed by atoms with Crippen LogP contribution in [0.5, 0.6) is 0 Å². The molecule has 2 rings (SSSR count). The van der Waals surface area contributed by atoms with E-state index in [9.17, 15) is 0 Å². The molecule has 0 radical (unpaired) electrons. The average molecular weight is 285 g/mol. The van der Waals surface area contributed by atoms with E-state index in [4.69, 9.17) is 0 Å². The third-order valence-electron chi connectivity index (χ3n) is 4.97. The lowest BCUT2D eigenvalue weighted by Gasteiger charge is -2.42. The molecule has 2 fully saturated rings. The monoisotopic (exact) mass is 284 g/mol. The Bertz CT molecular complexity index is 259. The number of unbranched alkanes of at least 4 members (excludes halogenated alkanes) is 1. The number of nitrogens with zero attached hydrogens (tertiary/aromatic N) is 1. The number of hydrogen-bond donors (Lipinski definition) is 1. The molecule has 0 aliphatic carbocycles. The Morgan fingerprint density at radius 2 is 2.00 bits per heavy atom. The molecule has 0 aromatic heterocycles. The van der Waals surface area contributed by atoms with E-state index in [-0.39, 0.29) is 0 Å². The standard InChI is InChI=1S/C16H32N2S/c1-4-5-9-18-10-6-14(7-11-18)17-15-13-19-12-8-16(15,2)3/h14-15,17H,4-13H2,1-3H3. The summed E-state index contributed by atoms with van der Waals surface area (Å²) in [6.45, 7) is 11.1. The number of nitrogens with one attached hydrogen (secondary N) is 1. The van der Waals surface area contributed by atoms with Gasteiger partial charge in [-0.2, -0.15) is 11.8 Å². The van der Waals surface area contributed by atoms with Crippen molar-refractivity contribution in [2.24, 2.45) is 5.41 Å². The van der Waals surface area contributed by atoms with Crippen LogP contribution in [-0.2, 0) is 0 Å². The van der Waals surface area contributed by atoms with Gasteiger partial charge in [-0.25, -0.2) is 0 Å². The lowest BCUT2D eigenvalue weighted by Crippen LogP contribution is -2.53. The Morgan fingerprint density at radius 3 is 2.63 bits per heavy atom. The number of thioether (sulfide) groups is 1. The van der Waals surface area contributed by atoms with Crippen molar-refractivity contribution in [1.29, 1.82) is 0 Å². The van der Waals surface area contributed by atoms with E-state index in [0.717, 1.165) is 12.1 Å². The van der Waals surface area contributed by atoms with E-state index < -0.39 is 0 Å². The molecule has 1 N–H and O–H groups in total. The van der Waals surface area contributed by atoms with Crippen molar-refractivity contribution in [1.82, 2.24) is 10.2 Å². The number of likely N-dealkylation sites (tertiary alicyclic amines) is 1. The molecule has 2 aliphatic heterocycles. The van der Waals surface area contributed by atoms with Crippen LogP contribution in [0.15, 0.2) is 0 Å². The van der Waals surface area contributed by atoms with Crippen LogP contribution in [0.4, 0.5) is 0 Å². The maximum atomic E-state index is 3.98. The highest BCUT2D eigenvalue weighted by Gasteiger charge is 2.34. The summed E-state index contributed by atoms with van der Waals surface area (Å²) in [5.74, 6) is 2.66. The van der Waals surface area contributed by atoms with E-state index in [1.807, 2.05) is 0 Å². The third kappa shape index (κ3) is 4.64. The van der Waals surface area contributed by atoms with Gasteiger partial charge in [-0.05, 0) is 56.5 Å². The van der Waals surface area contributed by atoms with E-state index in [1.54, 1.807) is 0 Å². The topological polar surface area (TPSA) is 15.3 Å². The summed E-state index contributed by atoms with van der Waals surface area (Å²) in [5, 5.41) is 3.98. The largest absolute Gasteiger partial charge is 0.310 e. The fraction of sp³-hybridized carbons (Fsp3) is 1.00. The highest BCUT2D eigenvalue weighted by molar-refractivity contribution is 7.99. The molecule has 1 atom stereocenters.